The number of phenolic OH excluding ortho intramolecular Hbond substituents is 1. The maximum absolute atomic E-state index is 15.1. The number of ether oxygens (including phenoxy) is 1. The number of allylic oxidation sites excluding steroid dienone is 4. The van der Waals surface area contributed by atoms with Crippen molar-refractivity contribution in [1.82, 2.24) is 4.90 Å². The van der Waals surface area contributed by atoms with Gasteiger partial charge in [0.2, 0.25) is 11.8 Å². The Kier molecular flexibility index (Phi) is 7.29. The van der Waals surface area contributed by atoms with E-state index in [0.29, 0.717) is 34.4 Å². The molecule has 3 aliphatic carbocycles. The third-order valence-electron chi connectivity index (χ3n) is 10.9. The maximum Gasteiger partial charge on any atom is 0.234 e. The van der Waals surface area contributed by atoms with Gasteiger partial charge in [0, 0.05) is 27.8 Å². The zero-order valence-corrected chi connectivity index (χ0v) is 27.1. The molecule has 1 saturated carbocycles. The van der Waals surface area contributed by atoms with Crippen LogP contribution in [0.5, 0.6) is 11.5 Å². The molecular weight excluding hydrogens is 623 g/mol. The second-order valence-corrected chi connectivity index (χ2v) is 14.1. The highest BCUT2D eigenvalue weighted by Crippen LogP contribution is 2.65. The highest BCUT2D eigenvalue weighted by atomic mass is 32.1. The molecule has 8 heteroatoms. The van der Waals surface area contributed by atoms with Crippen LogP contribution in [0.25, 0.3) is 5.57 Å². The van der Waals surface area contributed by atoms with Gasteiger partial charge in [-0.2, -0.15) is 0 Å². The van der Waals surface area contributed by atoms with E-state index in [0.717, 1.165) is 10.5 Å². The van der Waals surface area contributed by atoms with Crippen molar-refractivity contribution in [1.29, 1.82) is 0 Å². The number of aromatic hydroxyl groups is 1. The van der Waals surface area contributed by atoms with Gasteiger partial charge >= 0.3 is 0 Å². The largest absolute Gasteiger partial charge is 0.508 e. The molecular formula is C40H33NO6S. The molecule has 2 fully saturated rings. The Hall–Kier alpha value is -5.08. The van der Waals surface area contributed by atoms with Crippen LogP contribution in [-0.4, -0.2) is 40.5 Å². The minimum Gasteiger partial charge on any atom is -0.508 e. The smallest absolute Gasteiger partial charge is 0.234 e. The maximum atomic E-state index is 15.1. The van der Waals surface area contributed by atoms with E-state index in [-0.39, 0.29) is 42.1 Å². The predicted octanol–water partition coefficient (Wildman–Crippen LogP) is 6.49. The van der Waals surface area contributed by atoms with Crippen LogP contribution >= 0.6 is 11.3 Å². The average Bonchev–Trinajstić information content (AvgIpc) is 3.72. The number of amides is 2. The molecule has 1 aromatic heterocycles. The number of nitrogens with zero attached hydrogens (tertiary/aromatic N) is 1. The van der Waals surface area contributed by atoms with Crippen molar-refractivity contribution >= 4 is 40.3 Å². The molecule has 2 heterocycles. The van der Waals surface area contributed by atoms with Crippen LogP contribution in [-0.2, 0) is 31.1 Å². The van der Waals surface area contributed by atoms with E-state index in [2.05, 4.69) is 0 Å². The van der Waals surface area contributed by atoms with Crippen LogP contribution in [0, 0.1) is 23.7 Å². The van der Waals surface area contributed by atoms with Crippen molar-refractivity contribution in [2.45, 2.75) is 30.7 Å². The quantitative estimate of drug-likeness (QED) is 0.188. The zero-order valence-electron chi connectivity index (χ0n) is 26.2. The summed E-state index contributed by atoms with van der Waals surface area (Å²) < 4.78 is 5.85. The number of ketones is 2. The Labute approximate surface area is 282 Å². The van der Waals surface area contributed by atoms with Gasteiger partial charge < -0.3 is 9.84 Å². The van der Waals surface area contributed by atoms with E-state index >= 15 is 4.79 Å². The zero-order chi connectivity index (χ0) is 33.2. The van der Waals surface area contributed by atoms with Crippen LogP contribution < -0.4 is 4.74 Å². The lowest BCUT2D eigenvalue weighted by atomic mass is 9.44. The van der Waals surface area contributed by atoms with E-state index in [4.69, 9.17) is 4.74 Å². The number of Topliss-reactive ketones (excluding diaryl/α,β-unsaturated/α-hetero) is 1. The first-order chi connectivity index (χ1) is 23.4. The van der Waals surface area contributed by atoms with Crippen molar-refractivity contribution in [3.8, 4) is 11.5 Å². The lowest BCUT2D eigenvalue weighted by Gasteiger charge is -2.55. The van der Waals surface area contributed by atoms with Gasteiger partial charge in [0.15, 0.2) is 11.6 Å². The lowest BCUT2D eigenvalue weighted by Crippen LogP contribution is -2.58. The number of fused-ring (bicyclic) bond motifs is 4. The summed E-state index contributed by atoms with van der Waals surface area (Å²) in [4.78, 5) is 60.6. The fourth-order valence-corrected chi connectivity index (χ4v) is 9.66. The standard InChI is InChI=1S/C40H33NO6S/c1-47-32-16-8-15-31(42)35(32)36-26-17-18-27-34(39(46)41(38(27)45)22-25-14-9-19-48-25)29(26)20-30-37(44)28(23-10-4-2-5-11-23)21-33(43)40(30,36)24-12-6-3-7-13-24/h2-17,19,21,27,29-30,34,36,42H,18,20,22H2,1H3/t27-,29+,30-,34-,36+,40-/m0/s1. The normalized spacial score (nSPS) is 27.9. The first kappa shape index (κ1) is 30.3. The molecule has 4 aliphatic rings. The molecule has 0 bridgehead atoms. The molecule has 2 amide bonds. The average molecular weight is 656 g/mol. The molecule has 0 radical (unpaired) electrons. The molecule has 7 nitrogen and oxygen atoms in total. The van der Waals surface area contributed by atoms with Crippen LogP contribution in [0.3, 0.4) is 0 Å². The minimum atomic E-state index is -1.44. The first-order valence-corrected chi connectivity index (χ1v) is 17.1. The Morgan fingerprint density at radius 2 is 1.62 bits per heavy atom. The molecule has 3 aromatic carbocycles. The number of imide groups is 1. The number of hydrogen-bond acceptors (Lipinski definition) is 7. The number of hydrogen-bond donors (Lipinski definition) is 1. The van der Waals surface area contributed by atoms with Gasteiger partial charge in [-0.15, -0.1) is 11.3 Å². The molecule has 0 unspecified atom stereocenters. The summed E-state index contributed by atoms with van der Waals surface area (Å²) in [6.07, 6.45) is 3.99. The number of rotatable bonds is 6. The number of carbonyl (C=O) groups excluding carboxylic acids is 4. The number of methoxy groups -OCH3 is 1. The second-order valence-electron chi connectivity index (χ2n) is 13.0. The number of benzene rings is 3. The van der Waals surface area contributed by atoms with Crippen LogP contribution in [0.4, 0.5) is 0 Å². The van der Waals surface area contributed by atoms with E-state index in [1.807, 2.05) is 84.3 Å². The molecule has 240 valence electrons. The molecule has 6 atom stereocenters. The highest BCUT2D eigenvalue weighted by molar-refractivity contribution is 7.09. The van der Waals surface area contributed by atoms with Gasteiger partial charge in [-0.1, -0.05) is 84.4 Å². The Morgan fingerprint density at radius 1 is 0.875 bits per heavy atom. The SMILES string of the molecule is COc1cccc(O)c1[C@H]1C2=CC[C@@H]3C(=O)N(Cc4cccs4)C(=O)[C@@H]3[C@@H]2C[C@H]2C(=O)C(c3ccccc3)=CC(=O)[C@@]12c1ccccc1. The van der Waals surface area contributed by atoms with Gasteiger partial charge in [0.1, 0.15) is 11.5 Å². The molecule has 8 rings (SSSR count). The van der Waals surface area contributed by atoms with Crippen molar-refractivity contribution < 1.29 is 29.0 Å². The molecule has 1 aliphatic heterocycles. The first-order valence-electron chi connectivity index (χ1n) is 16.2. The summed E-state index contributed by atoms with van der Waals surface area (Å²) in [5, 5.41) is 13.5. The Morgan fingerprint density at radius 3 is 2.33 bits per heavy atom. The van der Waals surface area contributed by atoms with Crippen LogP contribution in [0.1, 0.15) is 40.3 Å². The Balaban J connectivity index is 1.37. The molecule has 1 saturated heterocycles. The van der Waals surface area contributed by atoms with Crippen molar-refractivity contribution in [2.75, 3.05) is 7.11 Å². The van der Waals surface area contributed by atoms with Crippen molar-refractivity contribution in [2.24, 2.45) is 23.7 Å². The van der Waals surface area contributed by atoms with Gasteiger partial charge in [-0.05, 0) is 59.5 Å². The monoisotopic (exact) mass is 655 g/mol. The van der Waals surface area contributed by atoms with Crippen LogP contribution in [0.2, 0.25) is 0 Å². The third-order valence-corrected chi connectivity index (χ3v) is 11.8. The molecule has 48 heavy (non-hydrogen) atoms. The summed E-state index contributed by atoms with van der Waals surface area (Å²) in [5.74, 6) is -4.11. The van der Waals surface area contributed by atoms with Crippen molar-refractivity contribution in [3.63, 3.8) is 0 Å². The number of phenols is 1. The minimum absolute atomic E-state index is 0.0664. The lowest BCUT2D eigenvalue weighted by molar-refractivity contribution is -0.141. The van der Waals surface area contributed by atoms with E-state index in [1.165, 1.54) is 29.4 Å². The van der Waals surface area contributed by atoms with Gasteiger partial charge in [-0.3, -0.25) is 24.1 Å². The Bertz CT molecular complexity index is 2020. The summed E-state index contributed by atoms with van der Waals surface area (Å²) in [7, 11) is 1.51. The topological polar surface area (TPSA) is 101 Å². The van der Waals surface area contributed by atoms with E-state index in [1.54, 1.807) is 18.2 Å². The second kappa shape index (κ2) is 11.6. The number of carbonyl (C=O) groups is 4. The molecule has 0 spiro atoms. The number of likely N-dealkylation sites (tertiary alicyclic amines) is 1. The number of thiophene rings is 1. The van der Waals surface area contributed by atoms with Gasteiger partial charge in [0.25, 0.3) is 0 Å². The van der Waals surface area contributed by atoms with Crippen LogP contribution in [0.15, 0.2) is 114 Å². The fraction of sp³-hybridized carbons (Fsp3) is 0.250. The third kappa shape index (κ3) is 4.32. The van der Waals surface area contributed by atoms with Crippen molar-refractivity contribution in [3.05, 3.63) is 136 Å². The predicted molar refractivity (Wildman–Crippen MR) is 181 cm³/mol. The summed E-state index contributed by atoms with van der Waals surface area (Å²) >= 11 is 1.49. The highest BCUT2D eigenvalue weighted by Gasteiger charge is 2.66. The fourth-order valence-electron chi connectivity index (χ4n) is 8.97. The summed E-state index contributed by atoms with van der Waals surface area (Å²) in [6, 6.07) is 27.3. The van der Waals surface area contributed by atoms with Gasteiger partial charge in [-0.25, -0.2) is 0 Å². The summed E-state index contributed by atoms with van der Waals surface area (Å²) in [6.45, 7) is 0.205. The van der Waals surface area contributed by atoms with E-state index < -0.39 is 35.0 Å². The van der Waals surface area contributed by atoms with E-state index in [9.17, 15) is 19.5 Å². The summed E-state index contributed by atoms with van der Waals surface area (Å²) in [5.41, 5.74) is 1.36. The van der Waals surface area contributed by atoms with Gasteiger partial charge in [0.05, 0.1) is 30.9 Å². The molecule has 1 N–H and O–H groups in total. The molecule has 4 aromatic rings.